The number of pyridine rings is 1. The average Bonchev–Trinajstić information content (AvgIpc) is 2.78. The summed E-state index contributed by atoms with van der Waals surface area (Å²) in [6, 6.07) is 4.58. The lowest BCUT2D eigenvalue weighted by Gasteiger charge is -2.25. The van der Waals surface area contributed by atoms with E-state index >= 15 is 0 Å². The Morgan fingerprint density at radius 2 is 2.24 bits per heavy atom. The SMILES string of the molecule is CCc1nc2cccnc2n1C1CCNCC1. The molecule has 1 saturated heterocycles. The quantitative estimate of drug-likeness (QED) is 0.857. The van der Waals surface area contributed by atoms with Gasteiger partial charge in [-0.3, -0.25) is 0 Å². The van der Waals surface area contributed by atoms with Gasteiger partial charge in [-0.1, -0.05) is 6.92 Å². The molecule has 0 spiro atoms. The topological polar surface area (TPSA) is 42.7 Å². The van der Waals surface area contributed by atoms with Gasteiger partial charge in [0.2, 0.25) is 0 Å². The number of nitrogens with one attached hydrogen (secondary N) is 1. The standard InChI is InChI=1S/C13H18N4/c1-2-12-16-11-4-3-7-15-13(11)17(12)10-5-8-14-9-6-10/h3-4,7,10,14H,2,5-6,8-9H2,1H3. The van der Waals surface area contributed by atoms with Crippen LogP contribution >= 0.6 is 0 Å². The normalized spacial score (nSPS) is 17.7. The van der Waals surface area contributed by atoms with Gasteiger partial charge in [0, 0.05) is 18.7 Å². The first-order chi connectivity index (χ1) is 8.40. The van der Waals surface area contributed by atoms with Gasteiger partial charge in [-0.05, 0) is 38.1 Å². The van der Waals surface area contributed by atoms with Crippen molar-refractivity contribution in [3.05, 3.63) is 24.2 Å². The second-order valence-electron chi connectivity index (χ2n) is 4.58. The van der Waals surface area contributed by atoms with E-state index in [1.165, 1.54) is 18.7 Å². The molecule has 0 bridgehead atoms. The van der Waals surface area contributed by atoms with Gasteiger partial charge in [0.15, 0.2) is 5.65 Å². The van der Waals surface area contributed by atoms with Gasteiger partial charge in [-0.25, -0.2) is 9.97 Å². The number of aromatic nitrogens is 3. The molecule has 0 aromatic carbocycles. The van der Waals surface area contributed by atoms with Gasteiger partial charge in [0.1, 0.15) is 11.3 Å². The summed E-state index contributed by atoms with van der Waals surface area (Å²) in [6.07, 6.45) is 5.19. The molecule has 2 aromatic rings. The van der Waals surface area contributed by atoms with E-state index in [9.17, 15) is 0 Å². The zero-order chi connectivity index (χ0) is 11.7. The first-order valence-corrected chi connectivity index (χ1v) is 6.42. The summed E-state index contributed by atoms with van der Waals surface area (Å²) in [5, 5.41) is 3.41. The Morgan fingerprint density at radius 3 is 3.00 bits per heavy atom. The number of hydrogen-bond acceptors (Lipinski definition) is 3. The minimum Gasteiger partial charge on any atom is -0.317 e. The maximum atomic E-state index is 4.69. The number of fused-ring (bicyclic) bond motifs is 1. The number of imidazole rings is 1. The molecule has 90 valence electrons. The van der Waals surface area contributed by atoms with E-state index in [1.807, 2.05) is 12.3 Å². The monoisotopic (exact) mass is 230 g/mol. The molecule has 1 N–H and O–H groups in total. The lowest BCUT2D eigenvalue weighted by atomic mass is 10.1. The van der Waals surface area contributed by atoms with Crippen molar-refractivity contribution in [3.63, 3.8) is 0 Å². The number of nitrogens with zero attached hydrogens (tertiary/aromatic N) is 3. The van der Waals surface area contributed by atoms with Crippen molar-refractivity contribution >= 4 is 11.2 Å². The van der Waals surface area contributed by atoms with Crippen molar-refractivity contribution in [2.24, 2.45) is 0 Å². The summed E-state index contributed by atoms with van der Waals surface area (Å²) in [7, 11) is 0. The first-order valence-electron chi connectivity index (χ1n) is 6.42. The van der Waals surface area contributed by atoms with Crippen LogP contribution in [-0.4, -0.2) is 27.6 Å². The highest BCUT2D eigenvalue weighted by atomic mass is 15.2. The number of hydrogen-bond donors (Lipinski definition) is 1. The van der Waals surface area contributed by atoms with Gasteiger partial charge in [0.05, 0.1) is 0 Å². The third-order valence-electron chi connectivity index (χ3n) is 3.51. The van der Waals surface area contributed by atoms with Crippen molar-refractivity contribution in [2.45, 2.75) is 32.2 Å². The Bertz CT molecular complexity index is 511. The summed E-state index contributed by atoms with van der Waals surface area (Å²) in [5.41, 5.74) is 2.08. The predicted octanol–water partition coefficient (Wildman–Crippen LogP) is 1.92. The van der Waals surface area contributed by atoms with Gasteiger partial charge in [-0.15, -0.1) is 0 Å². The van der Waals surface area contributed by atoms with Crippen LogP contribution in [0, 0.1) is 0 Å². The van der Waals surface area contributed by atoms with Crippen molar-refractivity contribution in [3.8, 4) is 0 Å². The highest BCUT2D eigenvalue weighted by Crippen LogP contribution is 2.25. The Labute approximate surface area is 101 Å². The molecular formula is C13H18N4. The summed E-state index contributed by atoms with van der Waals surface area (Å²) in [4.78, 5) is 9.19. The summed E-state index contributed by atoms with van der Waals surface area (Å²) < 4.78 is 2.36. The average molecular weight is 230 g/mol. The Hall–Kier alpha value is -1.42. The molecule has 2 aromatic heterocycles. The number of aryl methyl sites for hydroxylation is 1. The summed E-state index contributed by atoms with van der Waals surface area (Å²) >= 11 is 0. The zero-order valence-corrected chi connectivity index (χ0v) is 10.2. The van der Waals surface area contributed by atoms with Crippen LogP contribution in [0.4, 0.5) is 0 Å². The minimum absolute atomic E-state index is 0.561. The third-order valence-corrected chi connectivity index (χ3v) is 3.51. The fraction of sp³-hybridized carbons (Fsp3) is 0.538. The number of piperidine rings is 1. The lowest BCUT2D eigenvalue weighted by molar-refractivity contribution is 0.366. The molecule has 0 aliphatic carbocycles. The van der Waals surface area contributed by atoms with Crippen LogP contribution in [0.5, 0.6) is 0 Å². The van der Waals surface area contributed by atoms with E-state index in [2.05, 4.69) is 32.8 Å². The molecule has 1 aliphatic heterocycles. The number of rotatable bonds is 2. The van der Waals surface area contributed by atoms with Crippen molar-refractivity contribution in [2.75, 3.05) is 13.1 Å². The molecule has 0 radical (unpaired) electrons. The van der Waals surface area contributed by atoms with Crippen LogP contribution in [-0.2, 0) is 6.42 Å². The molecule has 1 fully saturated rings. The Balaban J connectivity index is 2.11. The highest BCUT2D eigenvalue weighted by molar-refractivity contribution is 5.71. The molecule has 0 saturated carbocycles. The predicted molar refractivity (Wildman–Crippen MR) is 68.0 cm³/mol. The van der Waals surface area contributed by atoms with Gasteiger partial charge < -0.3 is 9.88 Å². The minimum atomic E-state index is 0.561. The van der Waals surface area contributed by atoms with Crippen molar-refractivity contribution in [1.82, 2.24) is 19.9 Å². The van der Waals surface area contributed by atoms with E-state index in [0.717, 1.165) is 30.7 Å². The second kappa shape index (κ2) is 4.45. The molecule has 4 heteroatoms. The van der Waals surface area contributed by atoms with Gasteiger partial charge in [-0.2, -0.15) is 0 Å². The molecular weight excluding hydrogens is 212 g/mol. The van der Waals surface area contributed by atoms with Crippen LogP contribution in [0.15, 0.2) is 18.3 Å². The second-order valence-corrected chi connectivity index (χ2v) is 4.58. The summed E-state index contributed by atoms with van der Waals surface area (Å²) in [5.74, 6) is 1.17. The first kappa shape index (κ1) is 10.7. The molecule has 4 nitrogen and oxygen atoms in total. The summed E-state index contributed by atoms with van der Waals surface area (Å²) in [6.45, 7) is 4.36. The molecule has 3 rings (SSSR count). The van der Waals surface area contributed by atoms with E-state index in [0.29, 0.717) is 6.04 Å². The van der Waals surface area contributed by atoms with Crippen LogP contribution < -0.4 is 5.32 Å². The van der Waals surface area contributed by atoms with E-state index in [4.69, 9.17) is 0 Å². The van der Waals surface area contributed by atoms with Crippen LogP contribution in [0.1, 0.15) is 31.6 Å². The van der Waals surface area contributed by atoms with Crippen LogP contribution in [0.25, 0.3) is 11.2 Å². The van der Waals surface area contributed by atoms with Crippen LogP contribution in [0.3, 0.4) is 0 Å². The van der Waals surface area contributed by atoms with Gasteiger partial charge >= 0.3 is 0 Å². The van der Waals surface area contributed by atoms with Crippen molar-refractivity contribution < 1.29 is 0 Å². The molecule has 3 heterocycles. The van der Waals surface area contributed by atoms with E-state index in [-0.39, 0.29) is 0 Å². The molecule has 0 amide bonds. The molecule has 17 heavy (non-hydrogen) atoms. The molecule has 1 aliphatic rings. The van der Waals surface area contributed by atoms with Crippen LogP contribution in [0.2, 0.25) is 0 Å². The fourth-order valence-electron chi connectivity index (χ4n) is 2.67. The Kier molecular flexibility index (Phi) is 2.81. The van der Waals surface area contributed by atoms with E-state index in [1.54, 1.807) is 0 Å². The largest absolute Gasteiger partial charge is 0.317 e. The Morgan fingerprint density at radius 1 is 1.41 bits per heavy atom. The highest BCUT2D eigenvalue weighted by Gasteiger charge is 2.20. The molecule has 0 atom stereocenters. The fourth-order valence-corrected chi connectivity index (χ4v) is 2.67. The van der Waals surface area contributed by atoms with Gasteiger partial charge in [0.25, 0.3) is 0 Å². The smallest absolute Gasteiger partial charge is 0.160 e. The maximum absolute atomic E-state index is 4.69. The zero-order valence-electron chi connectivity index (χ0n) is 10.2. The molecule has 0 unspecified atom stereocenters. The lowest BCUT2D eigenvalue weighted by Crippen LogP contribution is -2.30. The van der Waals surface area contributed by atoms with Crippen molar-refractivity contribution in [1.29, 1.82) is 0 Å². The third kappa shape index (κ3) is 1.82. The maximum Gasteiger partial charge on any atom is 0.160 e. The van der Waals surface area contributed by atoms with E-state index < -0.39 is 0 Å².